The van der Waals surface area contributed by atoms with Crippen LogP contribution in [0.5, 0.6) is 0 Å². The number of benzene rings is 1. The Bertz CT molecular complexity index is 1390. The molecule has 0 unspecified atom stereocenters. The van der Waals surface area contributed by atoms with Gasteiger partial charge in [0.25, 0.3) is 0 Å². The van der Waals surface area contributed by atoms with Gasteiger partial charge in [0.15, 0.2) is 0 Å². The van der Waals surface area contributed by atoms with E-state index in [1.807, 2.05) is 6.92 Å². The fourth-order valence-electron chi connectivity index (χ4n) is 4.66. The molecule has 2 aromatic rings. The third kappa shape index (κ3) is 10.8. The van der Waals surface area contributed by atoms with E-state index in [2.05, 4.69) is 108 Å². The van der Waals surface area contributed by atoms with E-state index in [0.717, 1.165) is 48.6 Å². The van der Waals surface area contributed by atoms with Crippen molar-refractivity contribution in [3.63, 3.8) is 0 Å². The van der Waals surface area contributed by atoms with Gasteiger partial charge in [0.05, 0.1) is 58.6 Å². The monoisotopic (exact) mass is 698 g/mol. The largest absolute Gasteiger partial charge is 0.433 e. The molecule has 0 spiro atoms. The Labute approximate surface area is 269 Å². The molecule has 2 N–H and O–H groups in total. The van der Waals surface area contributed by atoms with Crippen molar-refractivity contribution in [1.29, 1.82) is 0 Å². The van der Waals surface area contributed by atoms with Gasteiger partial charge < -0.3 is 33.6 Å². The molecule has 0 bridgehead atoms. The van der Waals surface area contributed by atoms with E-state index >= 15 is 0 Å². The zero-order valence-electron chi connectivity index (χ0n) is 25.4. The van der Waals surface area contributed by atoms with Crippen molar-refractivity contribution in [1.82, 2.24) is 4.48 Å². The van der Waals surface area contributed by atoms with E-state index < -0.39 is 6.85 Å². The van der Waals surface area contributed by atoms with Gasteiger partial charge in [0.1, 0.15) is 13.2 Å². The minimum absolute atomic E-state index is 0.0158. The van der Waals surface area contributed by atoms with Gasteiger partial charge in [-0.05, 0) is 91.3 Å². The number of aliphatic imine (C=N–C) groups is 1. The van der Waals surface area contributed by atoms with Crippen molar-refractivity contribution in [3.05, 3.63) is 73.8 Å². The van der Waals surface area contributed by atoms with Crippen LogP contribution in [0.3, 0.4) is 0 Å². The third-order valence-electron chi connectivity index (χ3n) is 6.41. The molecule has 0 aliphatic carbocycles. The zero-order valence-corrected chi connectivity index (χ0v) is 27.6. The summed E-state index contributed by atoms with van der Waals surface area (Å²) >= 11 is 2.32. The van der Waals surface area contributed by atoms with Gasteiger partial charge in [-0.3, -0.25) is 4.99 Å². The van der Waals surface area contributed by atoms with Crippen LogP contribution >= 0.6 is 22.6 Å². The van der Waals surface area contributed by atoms with Crippen LogP contribution in [-0.2, 0) is 18.9 Å². The number of aryl methyl sites for hydroxylation is 2. The number of aromatic nitrogens is 1. The van der Waals surface area contributed by atoms with Crippen molar-refractivity contribution >= 4 is 40.7 Å². The number of aliphatic hydroxyl groups excluding tert-OH is 2. The van der Waals surface area contributed by atoms with Gasteiger partial charge >= 0.3 is 6.85 Å². The first-order valence-corrected chi connectivity index (χ1v) is 15.4. The topological polar surface area (TPSA) is 94.7 Å². The van der Waals surface area contributed by atoms with Crippen molar-refractivity contribution in [3.8, 4) is 23.5 Å². The van der Waals surface area contributed by atoms with E-state index in [0.29, 0.717) is 26.4 Å². The maximum absolute atomic E-state index is 8.86. The normalized spacial score (nSPS) is 13.6. The summed E-state index contributed by atoms with van der Waals surface area (Å²) in [7, 11) is 0. The Hall–Kier alpha value is -2.68. The average Bonchev–Trinajstić information content (AvgIpc) is 3.47. The first-order valence-electron chi connectivity index (χ1n) is 14.3. The lowest BCUT2D eigenvalue weighted by atomic mass is 9.63. The molecule has 0 amide bonds. The molecule has 3 rings (SSSR count). The summed E-state index contributed by atoms with van der Waals surface area (Å²) in [5, 5.41) is 17.7. The molecule has 0 radical (unpaired) electrons. The highest BCUT2D eigenvalue weighted by Crippen LogP contribution is 2.37. The Balaban J connectivity index is 2.00. The summed E-state index contributed by atoms with van der Waals surface area (Å²) in [6, 6.07) is 10.7. The predicted octanol–water partition coefficient (Wildman–Crippen LogP) is 3.87. The Morgan fingerprint density at radius 3 is 1.91 bits per heavy atom. The van der Waals surface area contributed by atoms with Crippen molar-refractivity contribution in [2.24, 2.45) is 4.99 Å². The second-order valence-electron chi connectivity index (χ2n) is 9.82. The summed E-state index contributed by atoms with van der Waals surface area (Å²) in [6.07, 6.45) is 2.11. The lowest BCUT2D eigenvalue weighted by Crippen LogP contribution is -2.26. The minimum atomic E-state index is -0.470. The maximum Gasteiger partial charge on any atom is 0.433 e. The molecule has 1 aliphatic heterocycles. The van der Waals surface area contributed by atoms with Gasteiger partial charge in [-0.25, -0.2) is 0 Å². The highest BCUT2D eigenvalue weighted by molar-refractivity contribution is 14.1. The molecule has 0 saturated carbocycles. The van der Waals surface area contributed by atoms with Crippen LogP contribution in [0.15, 0.2) is 52.7 Å². The molecule has 1 aliphatic rings. The smallest absolute Gasteiger partial charge is 0.394 e. The van der Waals surface area contributed by atoms with Crippen LogP contribution in [0.1, 0.15) is 36.4 Å². The summed E-state index contributed by atoms with van der Waals surface area (Å²) in [4.78, 5) is 4.95. The molecule has 0 fully saturated rings. The van der Waals surface area contributed by atoms with Crippen molar-refractivity contribution in [2.75, 3.05) is 66.1 Å². The molecular weight excluding hydrogens is 658 g/mol. The van der Waals surface area contributed by atoms with Crippen LogP contribution in [0.4, 0.5) is 0 Å². The van der Waals surface area contributed by atoms with E-state index in [9.17, 15) is 0 Å². The number of rotatable bonds is 15. The Kier molecular flexibility index (Phi) is 15.3. The quantitative estimate of drug-likeness (QED) is 0.127. The molecule has 10 heteroatoms. The molecule has 2 heterocycles. The second-order valence-corrected chi connectivity index (χ2v) is 11.1. The van der Waals surface area contributed by atoms with Gasteiger partial charge in [-0.1, -0.05) is 24.0 Å². The number of nitrogens with zero attached hydrogens (tertiary/aromatic N) is 2. The van der Waals surface area contributed by atoms with Crippen LogP contribution in [-0.4, -0.2) is 93.3 Å². The van der Waals surface area contributed by atoms with Gasteiger partial charge in [0.2, 0.25) is 0 Å². The molecule has 0 atom stereocenters. The molecule has 1 aromatic carbocycles. The Morgan fingerprint density at radius 1 is 0.837 bits per heavy atom. The third-order valence-corrected chi connectivity index (χ3v) is 7.13. The minimum Gasteiger partial charge on any atom is -0.394 e. The number of halogens is 1. The van der Waals surface area contributed by atoms with Crippen molar-refractivity contribution < 1.29 is 29.2 Å². The van der Waals surface area contributed by atoms with Crippen LogP contribution in [0, 0.1) is 40.9 Å². The molecular formula is C33H40BIN2O6. The van der Waals surface area contributed by atoms with Gasteiger partial charge in [0, 0.05) is 26.2 Å². The van der Waals surface area contributed by atoms with Crippen LogP contribution < -0.4 is 0 Å². The van der Waals surface area contributed by atoms with Crippen LogP contribution in [0.25, 0.3) is 5.57 Å². The summed E-state index contributed by atoms with van der Waals surface area (Å²) in [5.74, 6) is 12.9. The lowest BCUT2D eigenvalue weighted by Gasteiger charge is -2.19. The number of ether oxygens (including phenoxy) is 4. The molecule has 0 saturated heterocycles. The number of allylic oxidation sites excluding steroid dienone is 2. The molecule has 8 nitrogen and oxygen atoms in total. The maximum atomic E-state index is 8.86. The predicted molar refractivity (Wildman–Crippen MR) is 180 cm³/mol. The summed E-state index contributed by atoms with van der Waals surface area (Å²) in [5.41, 5.74) is 8.29. The van der Waals surface area contributed by atoms with E-state index in [1.165, 1.54) is 0 Å². The van der Waals surface area contributed by atoms with E-state index in [1.54, 1.807) is 0 Å². The first-order chi connectivity index (χ1) is 20.9. The second kappa shape index (κ2) is 18.9. The van der Waals surface area contributed by atoms with Gasteiger partial charge in [-0.15, -0.1) is 11.6 Å². The summed E-state index contributed by atoms with van der Waals surface area (Å²) in [6.45, 7) is 10.4. The zero-order chi connectivity index (χ0) is 31.0. The number of hydrogen-bond acceptors (Lipinski definition) is 7. The highest BCUT2D eigenvalue weighted by atomic mass is 127. The number of aliphatic hydroxyl groups is 2. The molecule has 228 valence electrons. The van der Waals surface area contributed by atoms with E-state index in [4.69, 9.17) is 34.2 Å². The van der Waals surface area contributed by atoms with Gasteiger partial charge in [-0.2, -0.15) is 0 Å². The SMILES string of the molecule is CC1=CC(C)=N/C1=C(/c1ccc(I)cc1)c1c(C)cc(C)n1B(C#CCOCCOCCO)C#CCOCCOCCO. The van der Waals surface area contributed by atoms with Crippen LogP contribution in [0.2, 0.25) is 0 Å². The van der Waals surface area contributed by atoms with Crippen molar-refractivity contribution in [2.45, 2.75) is 27.7 Å². The number of hydrogen-bond donors (Lipinski definition) is 2. The molecule has 43 heavy (non-hydrogen) atoms. The Morgan fingerprint density at radius 2 is 1.40 bits per heavy atom. The highest BCUT2D eigenvalue weighted by Gasteiger charge is 2.26. The van der Waals surface area contributed by atoms with E-state index in [-0.39, 0.29) is 39.6 Å². The fourth-order valence-corrected chi connectivity index (χ4v) is 5.02. The molecule has 1 aromatic heterocycles. The lowest BCUT2D eigenvalue weighted by molar-refractivity contribution is 0.0424. The fraction of sp³-hybridized carbons (Fsp3) is 0.424. The first kappa shape index (κ1) is 34.8. The average molecular weight is 698 g/mol. The standard InChI is InChI=1S/C33H40BIN2O6/c1-25-23-27(3)36-32(25)31(29-7-9-30(35)10-8-29)33-26(2)24-28(4)37(33)34(11-5-15-40-19-21-42-17-13-38)12-6-16-41-20-22-43-18-14-39/h7-10,23-24,38-39H,13-22H2,1-4H3/b32-31-. The summed E-state index contributed by atoms with van der Waals surface area (Å²) < 4.78 is 25.1.